The molecule has 0 aliphatic carbocycles. The second-order valence-electron chi connectivity index (χ2n) is 4.03. The number of hydrogen-bond donors (Lipinski definition) is 0. The van der Waals surface area contributed by atoms with Gasteiger partial charge in [-0.3, -0.25) is 0 Å². The van der Waals surface area contributed by atoms with Crippen LogP contribution in [0.25, 0.3) is 0 Å². The van der Waals surface area contributed by atoms with Gasteiger partial charge >= 0.3 is 5.97 Å². The summed E-state index contributed by atoms with van der Waals surface area (Å²) in [6.07, 6.45) is 0. The molecule has 3 heteroatoms. The molecule has 0 aromatic heterocycles. The summed E-state index contributed by atoms with van der Waals surface area (Å²) in [6.45, 7) is 1.83. The maximum atomic E-state index is 13.1. The molecular formula is C15H13FO2. The molecule has 0 radical (unpaired) electrons. The minimum Gasteiger partial charge on any atom is -0.457 e. The average molecular weight is 244 g/mol. The number of rotatable bonds is 3. The molecule has 0 bridgehead atoms. The fourth-order valence-corrected chi connectivity index (χ4v) is 1.58. The van der Waals surface area contributed by atoms with Gasteiger partial charge in [0.25, 0.3) is 0 Å². The molecule has 0 aliphatic rings. The Morgan fingerprint density at radius 3 is 2.56 bits per heavy atom. The van der Waals surface area contributed by atoms with E-state index in [1.807, 2.05) is 30.3 Å². The predicted octanol–water partition coefficient (Wildman–Crippen LogP) is 3.49. The molecule has 2 nitrogen and oxygen atoms in total. The van der Waals surface area contributed by atoms with Gasteiger partial charge in [0.15, 0.2) is 0 Å². The summed E-state index contributed by atoms with van der Waals surface area (Å²) in [5.74, 6) is -0.767. The van der Waals surface area contributed by atoms with E-state index in [4.69, 9.17) is 4.74 Å². The minimum absolute atomic E-state index is 0.218. The number of carbonyl (C=O) groups is 1. The average Bonchev–Trinajstić information content (AvgIpc) is 2.40. The summed E-state index contributed by atoms with van der Waals surface area (Å²) >= 11 is 0. The van der Waals surface area contributed by atoms with Crippen LogP contribution in [-0.4, -0.2) is 5.97 Å². The van der Waals surface area contributed by atoms with Crippen molar-refractivity contribution in [2.24, 2.45) is 0 Å². The van der Waals surface area contributed by atoms with Gasteiger partial charge in [-0.05, 0) is 36.2 Å². The van der Waals surface area contributed by atoms with E-state index in [1.54, 1.807) is 6.92 Å². The number of benzene rings is 2. The molecule has 0 unspecified atom stereocenters. The second-order valence-corrected chi connectivity index (χ2v) is 4.03. The van der Waals surface area contributed by atoms with Gasteiger partial charge in [-0.1, -0.05) is 30.3 Å². The molecule has 0 atom stereocenters. The first-order chi connectivity index (χ1) is 8.66. The van der Waals surface area contributed by atoms with Crippen molar-refractivity contribution in [2.75, 3.05) is 0 Å². The number of halogens is 1. The van der Waals surface area contributed by atoms with Gasteiger partial charge in [0.05, 0.1) is 5.56 Å². The minimum atomic E-state index is -0.443. The highest BCUT2D eigenvalue weighted by atomic mass is 19.1. The van der Waals surface area contributed by atoms with Crippen molar-refractivity contribution in [2.45, 2.75) is 13.5 Å². The predicted molar refractivity (Wildman–Crippen MR) is 66.7 cm³/mol. The van der Waals surface area contributed by atoms with Crippen molar-refractivity contribution in [3.63, 3.8) is 0 Å². The van der Waals surface area contributed by atoms with Gasteiger partial charge in [-0.25, -0.2) is 9.18 Å². The Morgan fingerprint density at radius 2 is 1.89 bits per heavy atom. The zero-order valence-electron chi connectivity index (χ0n) is 10.0. The van der Waals surface area contributed by atoms with Crippen LogP contribution in [0.1, 0.15) is 21.5 Å². The van der Waals surface area contributed by atoms with E-state index in [-0.39, 0.29) is 12.4 Å². The lowest BCUT2D eigenvalue weighted by atomic mass is 10.1. The van der Waals surface area contributed by atoms with Crippen molar-refractivity contribution in [3.05, 3.63) is 71.0 Å². The summed E-state index contributed by atoms with van der Waals surface area (Å²) < 4.78 is 18.2. The Balaban J connectivity index is 2.02. The molecule has 2 aromatic rings. The number of hydrogen-bond acceptors (Lipinski definition) is 2. The molecule has 0 aliphatic heterocycles. The highest BCUT2D eigenvalue weighted by Gasteiger charge is 2.09. The zero-order valence-corrected chi connectivity index (χ0v) is 10.0. The normalized spacial score (nSPS) is 10.1. The van der Waals surface area contributed by atoms with Crippen molar-refractivity contribution >= 4 is 5.97 Å². The third-order valence-electron chi connectivity index (χ3n) is 2.61. The Labute approximate surface area is 105 Å². The highest BCUT2D eigenvalue weighted by molar-refractivity contribution is 5.89. The third-order valence-corrected chi connectivity index (χ3v) is 2.61. The zero-order chi connectivity index (χ0) is 13.0. The molecule has 2 rings (SSSR count). The summed E-state index contributed by atoms with van der Waals surface area (Å²) in [6, 6.07) is 13.6. The Kier molecular flexibility index (Phi) is 3.72. The summed E-state index contributed by atoms with van der Waals surface area (Å²) in [7, 11) is 0. The van der Waals surface area contributed by atoms with E-state index in [2.05, 4.69) is 0 Å². The molecular weight excluding hydrogens is 231 g/mol. The van der Waals surface area contributed by atoms with Crippen molar-refractivity contribution in [3.8, 4) is 0 Å². The lowest BCUT2D eigenvalue weighted by Gasteiger charge is -2.05. The first kappa shape index (κ1) is 12.3. The van der Waals surface area contributed by atoms with Gasteiger partial charge in [0.1, 0.15) is 12.4 Å². The second kappa shape index (κ2) is 5.45. The SMILES string of the molecule is Cc1cc(C(=O)OCc2ccccc2)ccc1F. The fourth-order valence-electron chi connectivity index (χ4n) is 1.58. The molecule has 0 heterocycles. The van der Waals surface area contributed by atoms with E-state index in [9.17, 15) is 9.18 Å². The van der Waals surface area contributed by atoms with Gasteiger partial charge in [-0.15, -0.1) is 0 Å². The molecule has 0 N–H and O–H groups in total. The van der Waals surface area contributed by atoms with Crippen LogP contribution in [0.5, 0.6) is 0 Å². The van der Waals surface area contributed by atoms with Crippen LogP contribution in [0.3, 0.4) is 0 Å². The molecule has 0 saturated heterocycles. The first-order valence-corrected chi connectivity index (χ1v) is 5.64. The molecule has 18 heavy (non-hydrogen) atoms. The Morgan fingerprint density at radius 1 is 1.17 bits per heavy atom. The van der Waals surface area contributed by atoms with E-state index >= 15 is 0 Å². The third kappa shape index (κ3) is 2.94. The molecule has 92 valence electrons. The van der Waals surface area contributed by atoms with Gasteiger partial charge < -0.3 is 4.74 Å². The monoisotopic (exact) mass is 244 g/mol. The Bertz CT molecular complexity index is 550. The first-order valence-electron chi connectivity index (χ1n) is 5.64. The van der Waals surface area contributed by atoms with Crippen molar-refractivity contribution < 1.29 is 13.9 Å². The lowest BCUT2D eigenvalue weighted by Crippen LogP contribution is -2.05. The number of aryl methyl sites for hydroxylation is 1. The molecule has 0 saturated carbocycles. The number of carbonyl (C=O) groups excluding carboxylic acids is 1. The van der Waals surface area contributed by atoms with Gasteiger partial charge in [0, 0.05) is 0 Å². The van der Waals surface area contributed by atoms with E-state index in [0.717, 1.165) is 5.56 Å². The van der Waals surface area contributed by atoms with E-state index < -0.39 is 5.97 Å². The van der Waals surface area contributed by atoms with Gasteiger partial charge in [-0.2, -0.15) is 0 Å². The standard InChI is InChI=1S/C15H13FO2/c1-11-9-13(7-8-14(11)16)15(17)18-10-12-5-3-2-4-6-12/h2-9H,10H2,1H3. The van der Waals surface area contributed by atoms with Gasteiger partial charge in [0.2, 0.25) is 0 Å². The lowest BCUT2D eigenvalue weighted by molar-refractivity contribution is 0.0472. The molecule has 0 amide bonds. The maximum Gasteiger partial charge on any atom is 0.338 e. The molecule has 0 spiro atoms. The summed E-state index contributed by atoms with van der Waals surface area (Å²) in [5.41, 5.74) is 1.72. The number of ether oxygens (including phenoxy) is 1. The summed E-state index contributed by atoms with van der Waals surface area (Å²) in [5, 5.41) is 0. The van der Waals surface area contributed by atoms with Crippen LogP contribution in [0, 0.1) is 12.7 Å². The number of esters is 1. The van der Waals surface area contributed by atoms with Crippen molar-refractivity contribution in [1.82, 2.24) is 0 Å². The summed E-state index contributed by atoms with van der Waals surface area (Å²) in [4.78, 5) is 11.7. The van der Waals surface area contributed by atoms with Crippen LogP contribution >= 0.6 is 0 Å². The van der Waals surface area contributed by atoms with Crippen LogP contribution in [-0.2, 0) is 11.3 Å². The van der Waals surface area contributed by atoms with Crippen LogP contribution in [0.15, 0.2) is 48.5 Å². The maximum absolute atomic E-state index is 13.1. The van der Waals surface area contributed by atoms with Crippen LogP contribution < -0.4 is 0 Å². The quantitative estimate of drug-likeness (QED) is 0.772. The molecule has 2 aromatic carbocycles. The smallest absolute Gasteiger partial charge is 0.338 e. The Hall–Kier alpha value is -2.16. The van der Waals surface area contributed by atoms with Crippen LogP contribution in [0.2, 0.25) is 0 Å². The van der Waals surface area contributed by atoms with E-state index in [0.29, 0.717) is 11.1 Å². The topological polar surface area (TPSA) is 26.3 Å². The fraction of sp³-hybridized carbons (Fsp3) is 0.133. The molecule has 0 fully saturated rings. The van der Waals surface area contributed by atoms with Crippen molar-refractivity contribution in [1.29, 1.82) is 0 Å². The van der Waals surface area contributed by atoms with E-state index in [1.165, 1.54) is 18.2 Å². The highest BCUT2D eigenvalue weighted by Crippen LogP contribution is 2.11. The van der Waals surface area contributed by atoms with Crippen LogP contribution in [0.4, 0.5) is 4.39 Å². The largest absolute Gasteiger partial charge is 0.457 e.